The Morgan fingerprint density at radius 3 is 2.21 bits per heavy atom. The highest BCUT2D eigenvalue weighted by atomic mass is 16.5. The maximum Gasteiger partial charge on any atom is 0.223 e. The average molecular weight is 444 g/mol. The number of carbonyl (C=O) groups is 1. The van der Waals surface area contributed by atoms with Gasteiger partial charge in [0.05, 0.1) is 17.6 Å². The smallest absolute Gasteiger partial charge is 0.223 e. The van der Waals surface area contributed by atoms with Crippen molar-refractivity contribution in [1.82, 2.24) is 9.88 Å². The van der Waals surface area contributed by atoms with E-state index < -0.39 is 0 Å². The topological polar surface area (TPSA) is 68.5 Å². The van der Waals surface area contributed by atoms with Crippen LogP contribution in [-0.2, 0) is 17.8 Å². The van der Waals surface area contributed by atoms with Gasteiger partial charge in [0.1, 0.15) is 11.5 Å². The number of nitrogens with two attached hydrogens (primary N) is 1. The lowest BCUT2D eigenvalue weighted by Crippen LogP contribution is -2.34. The first-order valence-electron chi connectivity index (χ1n) is 11.2. The summed E-state index contributed by atoms with van der Waals surface area (Å²) in [5.74, 6) is 1.50. The Labute approximate surface area is 196 Å². The Balaban J connectivity index is 1.66. The first-order valence-corrected chi connectivity index (χ1v) is 11.2. The number of carbonyl (C=O) groups excluding carboxylic acids is 1. The molecule has 0 bridgehead atoms. The second kappa shape index (κ2) is 10.8. The van der Waals surface area contributed by atoms with Crippen molar-refractivity contribution in [2.45, 2.75) is 40.2 Å². The summed E-state index contributed by atoms with van der Waals surface area (Å²) in [5.41, 5.74) is 8.94. The van der Waals surface area contributed by atoms with Gasteiger partial charge in [0.25, 0.3) is 0 Å². The van der Waals surface area contributed by atoms with Crippen LogP contribution in [0.15, 0.2) is 79.5 Å². The molecule has 0 radical (unpaired) electrons. The molecule has 172 valence electrons. The average Bonchev–Trinajstić information content (AvgIpc) is 2.77. The summed E-state index contributed by atoms with van der Waals surface area (Å²) in [4.78, 5) is 19.2. The van der Waals surface area contributed by atoms with E-state index in [0.29, 0.717) is 42.4 Å². The highest BCUT2D eigenvalue weighted by Gasteiger charge is 2.21. The first kappa shape index (κ1) is 24.1. The number of pyridine rings is 1. The van der Waals surface area contributed by atoms with Crippen LogP contribution in [0.4, 0.5) is 0 Å². The Morgan fingerprint density at radius 1 is 0.970 bits per heavy atom. The fourth-order valence-electron chi connectivity index (χ4n) is 3.42. The van der Waals surface area contributed by atoms with Crippen molar-refractivity contribution < 1.29 is 9.53 Å². The summed E-state index contributed by atoms with van der Waals surface area (Å²) in [7, 11) is 0. The lowest BCUT2D eigenvalue weighted by Gasteiger charge is -2.27. The second-order valence-corrected chi connectivity index (χ2v) is 9.44. The van der Waals surface area contributed by atoms with Gasteiger partial charge in [-0.2, -0.15) is 0 Å². The number of benzene rings is 2. The monoisotopic (exact) mass is 443 g/mol. The number of aromatic nitrogens is 1. The molecule has 2 N–H and O–H groups in total. The first-order chi connectivity index (χ1) is 15.7. The van der Waals surface area contributed by atoms with Gasteiger partial charge in [-0.05, 0) is 47.2 Å². The van der Waals surface area contributed by atoms with Crippen molar-refractivity contribution in [3.63, 3.8) is 0 Å². The molecule has 0 aliphatic rings. The van der Waals surface area contributed by atoms with Crippen molar-refractivity contribution in [2.75, 3.05) is 6.54 Å². The predicted octanol–water partition coefficient (Wildman–Crippen LogP) is 5.81. The van der Waals surface area contributed by atoms with E-state index >= 15 is 0 Å². The molecule has 3 rings (SSSR count). The number of hydrogen-bond acceptors (Lipinski definition) is 4. The summed E-state index contributed by atoms with van der Waals surface area (Å²) in [6.07, 6.45) is 2.97. The molecule has 0 saturated heterocycles. The fraction of sp³-hybridized carbons (Fsp3) is 0.286. The van der Waals surface area contributed by atoms with Gasteiger partial charge >= 0.3 is 0 Å². The van der Waals surface area contributed by atoms with E-state index in [-0.39, 0.29) is 11.3 Å². The molecule has 1 heterocycles. The molecule has 0 saturated carbocycles. The molecule has 0 aliphatic carbocycles. The Morgan fingerprint density at radius 2 is 1.64 bits per heavy atom. The number of amides is 1. The summed E-state index contributed by atoms with van der Waals surface area (Å²) in [6.45, 7) is 11.2. The van der Waals surface area contributed by atoms with Crippen molar-refractivity contribution in [3.05, 3.63) is 96.3 Å². The molecular formula is C28H33N3O2. The summed E-state index contributed by atoms with van der Waals surface area (Å²) >= 11 is 0. The minimum Gasteiger partial charge on any atom is -0.456 e. The van der Waals surface area contributed by atoms with Crippen molar-refractivity contribution >= 4 is 11.6 Å². The van der Waals surface area contributed by atoms with Gasteiger partial charge < -0.3 is 15.4 Å². The minimum absolute atomic E-state index is 0.0559. The van der Waals surface area contributed by atoms with Crippen LogP contribution < -0.4 is 10.5 Å². The molecular weight excluding hydrogens is 410 g/mol. The minimum atomic E-state index is -0.0559. The van der Waals surface area contributed by atoms with Gasteiger partial charge in [-0.3, -0.25) is 9.78 Å². The van der Waals surface area contributed by atoms with E-state index in [4.69, 9.17) is 10.5 Å². The van der Waals surface area contributed by atoms with Gasteiger partial charge in [-0.25, -0.2) is 0 Å². The van der Waals surface area contributed by atoms with Gasteiger partial charge in [0.2, 0.25) is 5.91 Å². The van der Waals surface area contributed by atoms with Crippen LogP contribution in [0.25, 0.3) is 5.70 Å². The van der Waals surface area contributed by atoms with Gasteiger partial charge in [0.15, 0.2) is 0 Å². The molecule has 0 unspecified atom stereocenters. The molecule has 0 aliphatic heterocycles. The molecule has 33 heavy (non-hydrogen) atoms. The maximum absolute atomic E-state index is 13.0. The molecule has 5 nitrogen and oxygen atoms in total. The zero-order valence-electron chi connectivity index (χ0n) is 19.8. The fourth-order valence-corrected chi connectivity index (χ4v) is 3.42. The van der Waals surface area contributed by atoms with E-state index in [9.17, 15) is 4.79 Å². The summed E-state index contributed by atoms with van der Waals surface area (Å²) < 4.78 is 5.88. The normalized spacial score (nSPS) is 11.1. The third kappa shape index (κ3) is 7.79. The van der Waals surface area contributed by atoms with Gasteiger partial charge in [-0.15, -0.1) is 0 Å². The van der Waals surface area contributed by atoms with Gasteiger partial charge in [-0.1, -0.05) is 69.8 Å². The summed E-state index contributed by atoms with van der Waals surface area (Å²) in [6, 6.07) is 21.7. The highest BCUT2D eigenvalue weighted by molar-refractivity contribution is 5.76. The van der Waals surface area contributed by atoms with E-state index in [1.54, 1.807) is 12.3 Å². The molecule has 1 amide bonds. The van der Waals surface area contributed by atoms with E-state index in [1.165, 1.54) is 5.56 Å². The van der Waals surface area contributed by atoms with Crippen molar-refractivity contribution in [3.8, 4) is 11.5 Å². The molecule has 0 spiro atoms. The van der Waals surface area contributed by atoms with Gasteiger partial charge in [0, 0.05) is 19.5 Å². The molecule has 1 aromatic heterocycles. The Bertz CT molecular complexity index is 1050. The van der Waals surface area contributed by atoms with Crippen molar-refractivity contribution in [1.29, 1.82) is 0 Å². The zero-order valence-corrected chi connectivity index (χ0v) is 19.8. The molecule has 0 atom stereocenters. The summed E-state index contributed by atoms with van der Waals surface area (Å²) in [5, 5.41) is 0. The van der Waals surface area contributed by atoms with E-state index in [0.717, 1.165) is 12.0 Å². The predicted molar refractivity (Wildman–Crippen MR) is 134 cm³/mol. The molecule has 0 fully saturated rings. The van der Waals surface area contributed by atoms with Crippen LogP contribution >= 0.6 is 0 Å². The number of nitrogens with zero attached hydrogens (tertiary/aromatic N) is 2. The SMILES string of the molecule is C=C(N)c1ccc(Oc2ccc(CN(CCc3ccccc3)C(=O)CC(C)(C)C)cc2)cn1. The van der Waals surface area contributed by atoms with E-state index in [1.807, 2.05) is 53.4 Å². The van der Waals surface area contributed by atoms with Crippen LogP contribution in [0.5, 0.6) is 11.5 Å². The third-order valence-electron chi connectivity index (χ3n) is 5.15. The largest absolute Gasteiger partial charge is 0.456 e. The number of rotatable bonds is 9. The Kier molecular flexibility index (Phi) is 7.88. The quantitative estimate of drug-likeness (QED) is 0.453. The molecule has 2 aromatic carbocycles. The highest BCUT2D eigenvalue weighted by Crippen LogP contribution is 2.24. The molecule has 5 heteroatoms. The maximum atomic E-state index is 13.0. The molecule has 3 aromatic rings. The number of ether oxygens (including phenoxy) is 1. The van der Waals surface area contributed by atoms with Crippen LogP contribution in [0.3, 0.4) is 0 Å². The van der Waals surface area contributed by atoms with E-state index in [2.05, 4.69) is 44.5 Å². The van der Waals surface area contributed by atoms with Crippen LogP contribution in [0, 0.1) is 5.41 Å². The number of hydrogen-bond donors (Lipinski definition) is 1. The second-order valence-electron chi connectivity index (χ2n) is 9.44. The zero-order chi connectivity index (χ0) is 23.8. The Hall–Kier alpha value is -3.60. The van der Waals surface area contributed by atoms with Crippen LogP contribution in [-0.4, -0.2) is 22.3 Å². The third-order valence-corrected chi connectivity index (χ3v) is 5.15. The van der Waals surface area contributed by atoms with Crippen LogP contribution in [0.1, 0.15) is 44.0 Å². The van der Waals surface area contributed by atoms with Crippen molar-refractivity contribution in [2.24, 2.45) is 11.1 Å². The lowest BCUT2D eigenvalue weighted by atomic mass is 9.91. The standard InChI is InChI=1S/C28H33N3O2/c1-21(29)26-15-14-25(19-30-26)33-24-12-10-23(11-13-24)20-31(27(32)18-28(2,3)4)17-16-22-8-6-5-7-9-22/h5-15,19H,1,16-18,20,29H2,2-4H3. The lowest BCUT2D eigenvalue weighted by molar-refractivity contribution is -0.133. The van der Waals surface area contributed by atoms with Crippen LogP contribution in [0.2, 0.25) is 0 Å².